The van der Waals surface area contributed by atoms with Gasteiger partial charge in [0.15, 0.2) is 0 Å². The third-order valence-corrected chi connectivity index (χ3v) is 3.23. The molecule has 0 aliphatic heterocycles. The van der Waals surface area contributed by atoms with Crippen LogP contribution in [0.2, 0.25) is 0 Å². The average Bonchev–Trinajstić information content (AvgIpc) is 2.54. The molecule has 2 rings (SSSR count). The quantitative estimate of drug-likeness (QED) is 0.500. The first-order valence-electron chi connectivity index (χ1n) is 6.59. The molecule has 21 heavy (non-hydrogen) atoms. The molecule has 0 bridgehead atoms. The van der Waals surface area contributed by atoms with Crippen LogP contribution in [0.15, 0.2) is 48.5 Å². The van der Waals surface area contributed by atoms with Crippen LogP contribution in [0.25, 0.3) is 0 Å². The molecule has 2 aromatic carbocycles. The highest BCUT2D eigenvalue weighted by molar-refractivity contribution is 5.93. The smallest absolute Gasteiger partial charge is 0.265 e. The Hall–Kier alpha value is -2.53. The number of hydrogen-bond donors (Lipinski definition) is 2. The van der Waals surface area contributed by atoms with E-state index in [0.717, 1.165) is 17.0 Å². The number of carbonyl (C=O) groups is 1. The number of carbonyl (C=O) groups excluding carboxylic acids is 1. The first-order chi connectivity index (χ1) is 10.1. The Morgan fingerprint density at radius 3 is 2.71 bits per heavy atom. The Bertz CT molecular complexity index is 628. The molecule has 3 N–H and O–H groups in total. The number of nitrogens with two attached hydrogens (primary N) is 1. The summed E-state index contributed by atoms with van der Waals surface area (Å²) < 4.78 is 5.23. The van der Waals surface area contributed by atoms with E-state index < -0.39 is 0 Å². The Morgan fingerprint density at radius 1 is 1.24 bits per heavy atom. The summed E-state index contributed by atoms with van der Waals surface area (Å²) >= 11 is 0. The first-order valence-corrected chi connectivity index (χ1v) is 6.59. The molecule has 5 heteroatoms. The molecule has 0 fully saturated rings. The van der Waals surface area contributed by atoms with Crippen LogP contribution >= 0.6 is 0 Å². The highest BCUT2D eigenvalue weighted by Gasteiger charge is 2.07. The van der Waals surface area contributed by atoms with Crippen LogP contribution in [-0.2, 0) is 6.54 Å². The third kappa shape index (κ3) is 3.73. The highest BCUT2D eigenvalue weighted by atomic mass is 16.5. The number of rotatable bonds is 5. The standard InChI is InChI=1S/C16H19N3O2/c1-19(14-7-4-8-15(10-14)21-2)11-12-5-3-6-13(9-12)16(20)18-17/h3-10H,11,17H2,1-2H3,(H,18,20). The Morgan fingerprint density at radius 2 is 2.00 bits per heavy atom. The van der Waals surface area contributed by atoms with Gasteiger partial charge in [-0.05, 0) is 29.8 Å². The molecular formula is C16H19N3O2. The molecular weight excluding hydrogens is 266 g/mol. The maximum Gasteiger partial charge on any atom is 0.265 e. The topological polar surface area (TPSA) is 67.6 Å². The van der Waals surface area contributed by atoms with Crippen LogP contribution < -0.4 is 20.9 Å². The van der Waals surface area contributed by atoms with Crippen molar-refractivity contribution in [1.82, 2.24) is 5.43 Å². The molecule has 2 aromatic rings. The number of anilines is 1. The van der Waals surface area contributed by atoms with Crippen LogP contribution in [-0.4, -0.2) is 20.1 Å². The van der Waals surface area contributed by atoms with Crippen molar-refractivity contribution in [1.29, 1.82) is 0 Å². The summed E-state index contributed by atoms with van der Waals surface area (Å²) in [5, 5.41) is 0. The number of nitrogens with zero attached hydrogens (tertiary/aromatic N) is 1. The van der Waals surface area contributed by atoms with Crippen molar-refractivity contribution in [3.8, 4) is 5.75 Å². The Balaban J connectivity index is 2.15. The minimum atomic E-state index is -0.291. The van der Waals surface area contributed by atoms with Crippen LogP contribution in [0.5, 0.6) is 5.75 Å². The number of ether oxygens (including phenoxy) is 1. The van der Waals surface area contributed by atoms with Crippen molar-refractivity contribution in [2.24, 2.45) is 5.84 Å². The molecule has 0 aromatic heterocycles. The number of methoxy groups -OCH3 is 1. The number of amides is 1. The molecule has 0 spiro atoms. The summed E-state index contributed by atoms with van der Waals surface area (Å²) in [5.41, 5.74) is 4.76. The van der Waals surface area contributed by atoms with Crippen LogP contribution in [0.3, 0.4) is 0 Å². The van der Waals surface area contributed by atoms with Gasteiger partial charge in [-0.2, -0.15) is 0 Å². The molecule has 0 saturated heterocycles. The van der Waals surface area contributed by atoms with E-state index in [-0.39, 0.29) is 5.91 Å². The van der Waals surface area contributed by atoms with E-state index in [1.807, 2.05) is 49.5 Å². The minimum absolute atomic E-state index is 0.291. The van der Waals surface area contributed by atoms with Gasteiger partial charge in [0, 0.05) is 30.9 Å². The lowest BCUT2D eigenvalue weighted by Crippen LogP contribution is -2.30. The van der Waals surface area contributed by atoms with Crippen LogP contribution in [0.1, 0.15) is 15.9 Å². The van der Waals surface area contributed by atoms with Crippen molar-refractivity contribution >= 4 is 11.6 Å². The Kier molecular flexibility index (Phi) is 4.79. The second kappa shape index (κ2) is 6.76. The van der Waals surface area contributed by atoms with Crippen LogP contribution in [0.4, 0.5) is 5.69 Å². The minimum Gasteiger partial charge on any atom is -0.497 e. The van der Waals surface area contributed by atoms with Crippen molar-refractivity contribution in [3.05, 3.63) is 59.7 Å². The van der Waals surface area contributed by atoms with Gasteiger partial charge in [-0.25, -0.2) is 5.84 Å². The highest BCUT2D eigenvalue weighted by Crippen LogP contribution is 2.21. The molecule has 0 radical (unpaired) electrons. The largest absolute Gasteiger partial charge is 0.497 e. The van der Waals surface area contributed by atoms with E-state index in [9.17, 15) is 4.79 Å². The summed E-state index contributed by atoms with van der Waals surface area (Å²) in [6.45, 7) is 0.679. The van der Waals surface area contributed by atoms with Gasteiger partial charge in [0.05, 0.1) is 7.11 Å². The molecule has 0 heterocycles. The average molecular weight is 285 g/mol. The molecule has 0 saturated carbocycles. The van der Waals surface area contributed by atoms with E-state index in [2.05, 4.69) is 10.3 Å². The summed E-state index contributed by atoms with van der Waals surface area (Å²) in [7, 11) is 3.64. The lowest BCUT2D eigenvalue weighted by atomic mass is 10.1. The van der Waals surface area contributed by atoms with Crippen molar-refractivity contribution in [2.45, 2.75) is 6.54 Å². The number of benzene rings is 2. The van der Waals surface area contributed by atoms with E-state index in [1.54, 1.807) is 13.2 Å². The van der Waals surface area contributed by atoms with Gasteiger partial charge in [-0.15, -0.1) is 0 Å². The monoisotopic (exact) mass is 285 g/mol. The van der Waals surface area contributed by atoms with Gasteiger partial charge < -0.3 is 9.64 Å². The molecule has 0 atom stereocenters. The van der Waals surface area contributed by atoms with E-state index in [0.29, 0.717) is 12.1 Å². The van der Waals surface area contributed by atoms with Gasteiger partial charge in [-0.3, -0.25) is 10.2 Å². The van der Waals surface area contributed by atoms with Crippen molar-refractivity contribution in [2.75, 3.05) is 19.1 Å². The summed E-state index contributed by atoms with van der Waals surface area (Å²) in [5.74, 6) is 5.68. The Labute approximate surface area is 124 Å². The van der Waals surface area contributed by atoms with Crippen LogP contribution in [0, 0.1) is 0 Å². The summed E-state index contributed by atoms with van der Waals surface area (Å²) in [4.78, 5) is 13.6. The first kappa shape index (κ1) is 14.9. The maximum atomic E-state index is 11.5. The lowest BCUT2D eigenvalue weighted by Gasteiger charge is -2.20. The van der Waals surface area contributed by atoms with Gasteiger partial charge in [0.1, 0.15) is 5.75 Å². The summed E-state index contributed by atoms with van der Waals surface area (Å²) in [6.07, 6.45) is 0. The maximum absolute atomic E-state index is 11.5. The zero-order valence-electron chi connectivity index (χ0n) is 12.2. The van der Waals surface area contributed by atoms with E-state index >= 15 is 0 Å². The number of hydrogen-bond acceptors (Lipinski definition) is 4. The molecule has 0 aliphatic rings. The summed E-state index contributed by atoms with van der Waals surface area (Å²) in [6, 6.07) is 15.2. The van der Waals surface area contributed by atoms with Gasteiger partial charge in [0.25, 0.3) is 5.91 Å². The molecule has 110 valence electrons. The lowest BCUT2D eigenvalue weighted by molar-refractivity contribution is 0.0953. The zero-order chi connectivity index (χ0) is 15.2. The fraction of sp³-hybridized carbons (Fsp3) is 0.188. The predicted octanol–water partition coefficient (Wildman–Crippen LogP) is 1.94. The fourth-order valence-electron chi connectivity index (χ4n) is 2.11. The third-order valence-electron chi connectivity index (χ3n) is 3.23. The van der Waals surface area contributed by atoms with E-state index in [4.69, 9.17) is 10.6 Å². The number of nitrogens with one attached hydrogen (secondary N) is 1. The van der Waals surface area contributed by atoms with Gasteiger partial charge >= 0.3 is 0 Å². The van der Waals surface area contributed by atoms with Crippen molar-refractivity contribution in [3.63, 3.8) is 0 Å². The molecule has 5 nitrogen and oxygen atoms in total. The molecule has 0 aliphatic carbocycles. The zero-order valence-corrected chi connectivity index (χ0v) is 12.2. The molecule has 1 amide bonds. The van der Waals surface area contributed by atoms with E-state index in [1.165, 1.54) is 0 Å². The SMILES string of the molecule is COc1cccc(N(C)Cc2cccc(C(=O)NN)c2)c1. The second-order valence-corrected chi connectivity index (χ2v) is 4.73. The number of nitrogen functional groups attached to an aromatic ring is 1. The molecule has 0 unspecified atom stereocenters. The number of hydrazine groups is 1. The van der Waals surface area contributed by atoms with Gasteiger partial charge in [0.2, 0.25) is 0 Å². The fourth-order valence-corrected chi connectivity index (χ4v) is 2.11. The van der Waals surface area contributed by atoms with Crippen molar-refractivity contribution < 1.29 is 9.53 Å². The predicted molar refractivity (Wildman–Crippen MR) is 83.2 cm³/mol. The second-order valence-electron chi connectivity index (χ2n) is 4.73. The normalized spacial score (nSPS) is 10.0. The van der Waals surface area contributed by atoms with Gasteiger partial charge in [-0.1, -0.05) is 18.2 Å².